The molecule has 0 aliphatic heterocycles. The van der Waals surface area contributed by atoms with Gasteiger partial charge in [0.05, 0.1) is 13.2 Å². The van der Waals surface area contributed by atoms with Crippen LogP contribution >= 0.6 is 0 Å². The van der Waals surface area contributed by atoms with Crippen LogP contribution in [0.4, 0.5) is 0 Å². The van der Waals surface area contributed by atoms with Gasteiger partial charge in [0.1, 0.15) is 0 Å². The lowest BCUT2D eigenvalue weighted by Gasteiger charge is -2.14. The van der Waals surface area contributed by atoms with E-state index in [1.165, 1.54) is 32.8 Å². The third-order valence-corrected chi connectivity index (χ3v) is 4.36. The van der Waals surface area contributed by atoms with E-state index in [2.05, 4.69) is 10.9 Å². The molecule has 0 atom stereocenters. The number of hydrogen-bond donors (Lipinski definition) is 2. The first kappa shape index (κ1) is 19.1. The van der Waals surface area contributed by atoms with Gasteiger partial charge in [-0.1, -0.05) is 25.7 Å². The summed E-state index contributed by atoms with van der Waals surface area (Å²) in [5.41, 5.74) is 5.32. The fourth-order valence-corrected chi connectivity index (χ4v) is 3.06. The summed E-state index contributed by atoms with van der Waals surface area (Å²) in [4.78, 5) is 24.1. The number of ether oxygens (including phenoxy) is 2. The molecule has 0 bridgehead atoms. The molecule has 0 aromatic heterocycles. The molecule has 0 heterocycles. The van der Waals surface area contributed by atoms with Crippen LogP contribution in [0.15, 0.2) is 18.2 Å². The molecule has 138 valence electrons. The van der Waals surface area contributed by atoms with Gasteiger partial charge in [-0.3, -0.25) is 20.4 Å². The van der Waals surface area contributed by atoms with Crippen molar-refractivity contribution in [2.75, 3.05) is 7.11 Å². The minimum absolute atomic E-state index is 0.00716. The largest absolute Gasteiger partial charge is 0.493 e. The van der Waals surface area contributed by atoms with Crippen molar-refractivity contribution in [1.82, 2.24) is 10.9 Å². The van der Waals surface area contributed by atoms with Crippen molar-refractivity contribution in [3.05, 3.63) is 23.8 Å². The van der Waals surface area contributed by atoms with Crippen molar-refractivity contribution in [2.45, 2.75) is 58.5 Å². The van der Waals surface area contributed by atoms with E-state index in [0.29, 0.717) is 29.4 Å². The van der Waals surface area contributed by atoms with Crippen LogP contribution in [0.25, 0.3) is 0 Å². The van der Waals surface area contributed by atoms with E-state index in [1.54, 1.807) is 18.2 Å². The first-order chi connectivity index (χ1) is 12.0. The molecule has 1 saturated carbocycles. The van der Waals surface area contributed by atoms with Crippen molar-refractivity contribution in [2.24, 2.45) is 5.92 Å². The molecule has 0 unspecified atom stereocenters. The predicted molar refractivity (Wildman–Crippen MR) is 95.6 cm³/mol. The van der Waals surface area contributed by atoms with Crippen molar-refractivity contribution in [3.8, 4) is 11.5 Å². The monoisotopic (exact) mass is 348 g/mol. The number of methoxy groups -OCH3 is 1. The molecule has 0 saturated heterocycles. The summed E-state index contributed by atoms with van der Waals surface area (Å²) in [6.45, 7) is 3.84. The maximum absolute atomic E-state index is 12.2. The lowest BCUT2D eigenvalue weighted by molar-refractivity contribution is -0.122. The van der Waals surface area contributed by atoms with Crippen molar-refractivity contribution in [3.63, 3.8) is 0 Å². The molecule has 1 aliphatic rings. The number of nitrogens with one attached hydrogen (secondary N) is 2. The molecule has 6 heteroatoms. The summed E-state index contributed by atoms with van der Waals surface area (Å²) in [7, 11) is 1.52. The molecule has 0 radical (unpaired) electrons. The Labute approximate surface area is 149 Å². The van der Waals surface area contributed by atoms with Crippen molar-refractivity contribution >= 4 is 11.8 Å². The average Bonchev–Trinajstić information content (AvgIpc) is 3.11. The molecule has 1 fully saturated rings. The summed E-state index contributed by atoms with van der Waals surface area (Å²) in [5.74, 6) is 1.17. The second-order valence-electron chi connectivity index (χ2n) is 6.72. The number of hydrogen-bond acceptors (Lipinski definition) is 4. The van der Waals surface area contributed by atoms with E-state index >= 15 is 0 Å². The zero-order valence-electron chi connectivity index (χ0n) is 15.3. The Morgan fingerprint density at radius 3 is 2.52 bits per heavy atom. The molecule has 1 aromatic carbocycles. The Balaban J connectivity index is 1.84. The SMILES string of the molecule is COc1cc(C(=O)NNC(=O)CCC2CCCC2)ccc1OC(C)C. The molecular formula is C19H28N2O4. The van der Waals surface area contributed by atoms with Gasteiger partial charge in [0, 0.05) is 12.0 Å². The van der Waals surface area contributed by atoms with Gasteiger partial charge in [0.2, 0.25) is 5.91 Å². The van der Waals surface area contributed by atoms with Crippen LogP contribution in [0, 0.1) is 5.92 Å². The quantitative estimate of drug-likeness (QED) is 0.742. The summed E-state index contributed by atoms with van der Waals surface area (Å²) >= 11 is 0. The van der Waals surface area contributed by atoms with E-state index in [4.69, 9.17) is 9.47 Å². The van der Waals surface area contributed by atoms with Gasteiger partial charge in [-0.05, 0) is 44.4 Å². The second kappa shape index (κ2) is 9.30. The van der Waals surface area contributed by atoms with E-state index in [0.717, 1.165) is 6.42 Å². The van der Waals surface area contributed by atoms with Crippen LogP contribution in [-0.2, 0) is 4.79 Å². The summed E-state index contributed by atoms with van der Waals surface area (Å²) in [5, 5.41) is 0. The van der Waals surface area contributed by atoms with Gasteiger partial charge in [0.15, 0.2) is 11.5 Å². The number of carbonyl (C=O) groups is 2. The highest BCUT2D eigenvalue weighted by Gasteiger charge is 2.17. The maximum Gasteiger partial charge on any atom is 0.269 e. The standard InChI is InChI=1S/C19H28N2O4/c1-13(2)25-16-10-9-15(12-17(16)24-3)19(23)21-20-18(22)11-8-14-6-4-5-7-14/h9-10,12-14H,4-8,11H2,1-3H3,(H,20,22)(H,21,23). The lowest BCUT2D eigenvalue weighted by Crippen LogP contribution is -2.41. The number of benzene rings is 1. The van der Waals surface area contributed by atoms with Gasteiger partial charge in [-0.2, -0.15) is 0 Å². The Hall–Kier alpha value is -2.24. The predicted octanol–water partition coefficient (Wildman–Crippen LogP) is 3.21. The molecule has 1 aliphatic carbocycles. The number of carbonyl (C=O) groups excluding carboxylic acids is 2. The molecule has 2 rings (SSSR count). The third kappa shape index (κ3) is 5.96. The van der Waals surface area contributed by atoms with E-state index in [1.807, 2.05) is 13.8 Å². The zero-order valence-corrected chi connectivity index (χ0v) is 15.3. The second-order valence-corrected chi connectivity index (χ2v) is 6.72. The minimum atomic E-state index is -0.386. The van der Waals surface area contributed by atoms with Gasteiger partial charge in [-0.25, -0.2) is 0 Å². The maximum atomic E-state index is 12.2. The van der Waals surface area contributed by atoms with Crippen LogP contribution in [0.3, 0.4) is 0 Å². The number of amides is 2. The molecule has 6 nitrogen and oxygen atoms in total. The summed E-state index contributed by atoms with van der Waals surface area (Å²) in [6.07, 6.45) is 6.29. The fourth-order valence-electron chi connectivity index (χ4n) is 3.06. The van der Waals surface area contributed by atoms with Crippen LogP contribution < -0.4 is 20.3 Å². The topological polar surface area (TPSA) is 76.7 Å². The highest BCUT2D eigenvalue weighted by Crippen LogP contribution is 2.29. The van der Waals surface area contributed by atoms with Gasteiger partial charge >= 0.3 is 0 Å². The van der Waals surface area contributed by atoms with Crippen LogP contribution in [0.1, 0.15) is 62.7 Å². The van der Waals surface area contributed by atoms with Gasteiger partial charge < -0.3 is 9.47 Å². The smallest absolute Gasteiger partial charge is 0.269 e. The third-order valence-electron chi connectivity index (χ3n) is 4.36. The zero-order chi connectivity index (χ0) is 18.2. The first-order valence-corrected chi connectivity index (χ1v) is 8.93. The van der Waals surface area contributed by atoms with Gasteiger partial charge in [-0.15, -0.1) is 0 Å². The minimum Gasteiger partial charge on any atom is -0.493 e. The van der Waals surface area contributed by atoms with Crippen LogP contribution in [-0.4, -0.2) is 25.0 Å². The Kier molecular flexibility index (Phi) is 7.10. The average molecular weight is 348 g/mol. The van der Waals surface area contributed by atoms with Crippen molar-refractivity contribution in [1.29, 1.82) is 0 Å². The van der Waals surface area contributed by atoms with Crippen LogP contribution in [0.5, 0.6) is 11.5 Å². The number of hydrazine groups is 1. The molecular weight excluding hydrogens is 320 g/mol. The lowest BCUT2D eigenvalue weighted by atomic mass is 10.0. The molecule has 25 heavy (non-hydrogen) atoms. The number of rotatable bonds is 7. The highest BCUT2D eigenvalue weighted by molar-refractivity contribution is 5.96. The first-order valence-electron chi connectivity index (χ1n) is 8.93. The molecule has 2 amide bonds. The van der Waals surface area contributed by atoms with E-state index < -0.39 is 0 Å². The summed E-state index contributed by atoms with van der Waals surface area (Å²) in [6, 6.07) is 4.92. The van der Waals surface area contributed by atoms with Gasteiger partial charge in [0.25, 0.3) is 5.91 Å². The Bertz CT molecular complexity index is 595. The molecule has 1 aromatic rings. The fraction of sp³-hybridized carbons (Fsp3) is 0.579. The highest BCUT2D eigenvalue weighted by atomic mass is 16.5. The molecule has 0 spiro atoms. The van der Waals surface area contributed by atoms with Crippen molar-refractivity contribution < 1.29 is 19.1 Å². The van der Waals surface area contributed by atoms with E-state index in [9.17, 15) is 9.59 Å². The Morgan fingerprint density at radius 2 is 1.88 bits per heavy atom. The van der Waals surface area contributed by atoms with E-state index in [-0.39, 0.29) is 17.9 Å². The Morgan fingerprint density at radius 1 is 1.16 bits per heavy atom. The van der Waals surface area contributed by atoms with Crippen LogP contribution in [0.2, 0.25) is 0 Å². The normalized spacial score (nSPS) is 14.4. The molecule has 2 N–H and O–H groups in total. The summed E-state index contributed by atoms with van der Waals surface area (Å²) < 4.78 is 10.9.